The lowest BCUT2D eigenvalue weighted by molar-refractivity contribution is 0.0470. The molecule has 6 nitrogen and oxygen atoms in total. The van der Waals surface area contributed by atoms with E-state index < -0.39 is 6.10 Å². The number of likely N-dealkylation sites (tertiary alicyclic amines) is 1. The van der Waals surface area contributed by atoms with Crippen LogP contribution in [0.5, 0.6) is 17.2 Å². The second-order valence-corrected chi connectivity index (χ2v) is 4.93. The monoisotopic (exact) mass is 295 g/mol. The van der Waals surface area contributed by atoms with E-state index in [0.29, 0.717) is 35.9 Å². The molecule has 1 saturated heterocycles. The Kier molecular flexibility index (Phi) is 4.90. The smallest absolute Gasteiger partial charge is 0.257 e. The van der Waals surface area contributed by atoms with Gasteiger partial charge in [-0.25, -0.2) is 0 Å². The van der Waals surface area contributed by atoms with E-state index >= 15 is 0 Å². The molecule has 0 radical (unpaired) electrons. The Morgan fingerprint density at radius 2 is 1.90 bits per heavy atom. The highest BCUT2D eigenvalue weighted by Crippen LogP contribution is 2.40. The van der Waals surface area contributed by atoms with Crippen LogP contribution in [-0.4, -0.2) is 56.4 Å². The van der Waals surface area contributed by atoms with E-state index in [-0.39, 0.29) is 5.91 Å². The molecule has 1 atom stereocenters. The van der Waals surface area contributed by atoms with Gasteiger partial charge in [-0.3, -0.25) is 4.79 Å². The Balaban J connectivity index is 2.36. The number of carbonyl (C=O) groups is 1. The quantitative estimate of drug-likeness (QED) is 0.907. The molecular weight excluding hydrogens is 274 g/mol. The zero-order valence-corrected chi connectivity index (χ0v) is 12.6. The van der Waals surface area contributed by atoms with Crippen molar-refractivity contribution in [3.63, 3.8) is 0 Å². The van der Waals surface area contributed by atoms with Crippen LogP contribution in [-0.2, 0) is 0 Å². The maximum absolute atomic E-state index is 12.6. The molecule has 0 saturated carbocycles. The molecule has 0 aromatic heterocycles. The molecule has 116 valence electrons. The summed E-state index contributed by atoms with van der Waals surface area (Å²) in [6, 6.07) is 3.33. The van der Waals surface area contributed by atoms with Crippen molar-refractivity contribution in [1.29, 1.82) is 0 Å². The Labute approximate surface area is 124 Å². The van der Waals surface area contributed by atoms with Gasteiger partial charge in [-0.2, -0.15) is 0 Å². The number of methoxy groups -OCH3 is 3. The zero-order valence-electron chi connectivity index (χ0n) is 12.6. The van der Waals surface area contributed by atoms with Gasteiger partial charge in [0.2, 0.25) is 5.75 Å². The molecule has 2 rings (SSSR count). The van der Waals surface area contributed by atoms with E-state index in [1.165, 1.54) is 21.3 Å². The van der Waals surface area contributed by atoms with Crippen LogP contribution >= 0.6 is 0 Å². The van der Waals surface area contributed by atoms with Gasteiger partial charge in [0.15, 0.2) is 11.5 Å². The fourth-order valence-electron chi connectivity index (χ4n) is 2.58. The van der Waals surface area contributed by atoms with Crippen LogP contribution in [0.3, 0.4) is 0 Å². The highest BCUT2D eigenvalue weighted by atomic mass is 16.5. The topological polar surface area (TPSA) is 68.2 Å². The molecule has 1 fully saturated rings. The number of rotatable bonds is 4. The van der Waals surface area contributed by atoms with E-state index in [2.05, 4.69) is 0 Å². The summed E-state index contributed by atoms with van der Waals surface area (Å²) in [5.74, 6) is 1.07. The maximum atomic E-state index is 12.6. The van der Waals surface area contributed by atoms with Gasteiger partial charge in [0, 0.05) is 13.1 Å². The molecule has 6 heteroatoms. The van der Waals surface area contributed by atoms with Gasteiger partial charge >= 0.3 is 0 Å². The number of piperidine rings is 1. The van der Waals surface area contributed by atoms with E-state index in [1.54, 1.807) is 17.0 Å². The van der Waals surface area contributed by atoms with Crippen molar-refractivity contribution in [3.05, 3.63) is 17.7 Å². The summed E-state index contributed by atoms with van der Waals surface area (Å²) in [4.78, 5) is 14.3. The minimum Gasteiger partial charge on any atom is -0.493 e. The summed E-state index contributed by atoms with van der Waals surface area (Å²) in [6.07, 6.45) is 1.06. The van der Waals surface area contributed by atoms with Crippen LogP contribution in [0, 0.1) is 0 Å². The second kappa shape index (κ2) is 6.67. The second-order valence-electron chi connectivity index (χ2n) is 4.93. The molecule has 0 spiro atoms. The summed E-state index contributed by atoms with van der Waals surface area (Å²) in [5, 5.41) is 9.71. The van der Waals surface area contributed by atoms with Crippen molar-refractivity contribution in [1.82, 2.24) is 4.90 Å². The average molecular weight is 295 g/mol. The normalized spacial score (nSPS) is 18.3. The summed E-state index contributed by atoms with van der Waals surface area (Å²) < 4.78 is 15.8. The predicted octanol–water partition coefficient (Wildman–Crippen LogP) is 1.31. The Morgan fingerprint density at radius 3 is 2.48 bits per heavy atom. The number of hydrogen-bond acceptors (Lipinski definition) is 5. The molecule has 1 N–H and O–H groups in total. The lowest BCUT2D eigenvalue weighted by Gasteiger charge is -2.30. The third-order valence-electron chi connectivity index (χ3n) is 3.62. The van der Waals surface area contributed by atoms with Crippen molar-refractivity contribution < 1.29 is 24.1 Å². The van der Waals surface area contributed by atoms with Crippen LogP contribution < -0.4 is 14.2 Å². The predicted molar refractivity (Wildman–Crippen MR) is 77.2 cm³/mol. The number of hydrogen-bond donors (Lipinski definition) is 1. The first kappa shape index (κ1) is 15.4. The van der Waals surface area contributed by atoms with Crippen molar-refractivity contribution in [2.45, 2.75) is 18.9 Å². The van der Waals surface area contributed by atoms with E-state index in [4.69, 9.17) is 14.2 Å². The minimum atomic E-state index is -0.464. The van der Waals surface area contributed by atoms with Crippen LogP contribution in [0.15, 0.2) is 12.1 Å². The van der Waals surface area contributed by atoms with Gasteiger partial charge < -0.3 is 24.2 Å². The summed E-state index contributed by atoms with van der Waals surface area (Å²) in [7, 11) is 4.51. The molecule has 0 bridgehead atoms. The molecular formula is C15H21NO5. The lowest BCUT2D eigenvalue weighted by Crippen LogP contribution is -2.42. The number of amides is 1. The zero-order chi connectivity index (χ0) is 15.4. The fourth-order valence-corrected chi connectivity index (χ4v) is 2.58. The third kappa shape index (κ3) is 3.05. The Bertz CT molecular complexity index is 517. The van der Waals surface area contributed by atoms with E-state index in [0.717, 1.165) is 12.8 Å². The number of carbonyl (C=O) groups excluding carboxylic acids is 1. The van der Waals surface area contributed by atoms with Crippen LogP contribution in [0.1, 0.15) is 23.2 Å². The van der Waals surface area contributed by atoms with Crippen molar-refractivity contribution in [2.75, 3.05) is 34.4 Å². The first-order valence-electron chi connectivity index (χ1n) is 6.88. The molecule has 1 heterocycles. The van der Waals surface area contributed by atoms with Crippen LogP contribution in [0.2, 0.25) is 0 Å². The van der Waals surface area contributed by atoms with E-state index in [9.17, 15) is 9.90 Å². The third-order valence-corrected chi connectivity index (χ3v) is 3.62. The summed E-state index contributed by atoms with van der Waals surface area (Å²) in [6.45, 7) is 0.976. The molecule has 1 aromatic rings. The molecule has 1 aromatic carbocycles. The number of aliphatic hydroxyl groups excluding tert-OH is 1. The number of ether oxygens (including phenoxy) is 3. The SMILES string of the molecule is COc1ccc(C(=O)N2CCC[C@H](O)C2)c(OC)c1OC. The Morgan fingerprint density at radius 1 is 1.19 bits per heavy atom. The van der Waals surface area contributed by atoms with Crippen molar-refractivity contribution in [3.8, 4) is 17.2 Å². The highest BCUT2D eigenvalue weighted by Gasteiger charge is 2.27. The average Bonchev–Trinajstić information content (AvgIpc) is 2.52. The number of aliphatic hydroxyl groups is 1. The molecule has 1 aliphatic rings. The number of nitrogens with zero attached hydrogens (tertiary/aromatic N) is 1. The first-order valence-corrected chi connectivity index (χ1v) is 6.88. The fraction of sp³-hybridized carbons (Fsp3) is 0.533. The highest BCUT2D eigenvalue weighted by molar-refractivity contribution is 5.98. The number of β-amino-alcohol motifs (C(OH)–C–C–N with tert-alkyl or cyclic N) is 1. The minimum absolute atomic E-state index is 0.174. The van der Waals surface area contributed by atoms with Gasteiger partial charge in [0.1, 0.15) is 0 Å². The summed E-state index contributed by atoms with van der Waals surface area (Å²) in [5.41, 5.74) is 0.407. The van der Waals surface area contributed by atoms with Gasteiger partial charge in [0.05, 0.1) is 33.0 Å². The first-order chi connectivity index (χ1) is 10.1. The van der Waals surface area contributed by atoms with Crippen molar-refractivity contribution in [2.24, 2.45) is 0 Å². The lowest BCUT2D eigenvalue weighted by atomic mass is 10.1. The van der Waals surface area contributed by atoms with Gasteiger partial charge in [0.25, 0.3) is 5.91 Å². The van der Waals surface area contributed by atoms with Gasteiger partial charge in [-0.05, 0) is 25.0 Å². The number of benzene rings is 1. The molecule has 0 unspecified atom stereocenters. The van der Waals surface area contributed by atoms with Gasteiger partial charge in [-0.1, -0.05) is 0 Å². The molecule has 0 aliphatic carbocycles. The van der Waals surface area contributed by atoms with Crippen LogP contribution in [0.4, 0.5) is 0 Å². The van der Waals surface area contributed by atoms with Crippen molar-refractivity contribution >= 4 is 5.91 Å². The summed E-state index contributed by atoms with van der Waals surface area (Å²) >= 11 is 0. The molecule has 1 aliphatic heterocycles. The Hall–Kier alpha value is -1.95. The standard InChI is InChI=1S/C15H21NO5/c1-19-12-7-6-11(13(20-2)14(12)21-3)15(18)16-8-4-5-10(17)9-16/h6-7,10,17H,4-5,8-9H2,1-3H3/t10-/m0/s1. The van der Waals surface area contributed by atoms with Gasteiger partial charge in [-0.15, -0.1) is 0 Å². The molecule has 1 amide bonds. The maximum Gasteiger partial charge on any atom is 0.257 e. The molecule has 21 heavy (non-hydrogen) atoms. The van der Waals surface area contributed by atoms with Crippen LogP contribution in [0.25, 0.3) is 0 Å². The van der Waals surface area contributed by atoms with E-state index in [1.807, 2.05) is 0 Å². The largest absolute Gasteiger partial charge is 0.493 e.